The number of aromatic nitrogens is 3. The predicted molar refractivity (Wildman–Crippen MR) is 97.6 cm³/mol. The van der Waals surface area contributed by atoms with Crippen molar-refractivity contribution in [3.05, 3.63) is 48.9 Å². The Labute approximate surface area is 145 Å². The molecule has 0 atom stereocenters. The van der Waals surface area contributed by atoms with Gasteiger partial charge in [0.15, 0.2) is 5.65 Å². The van der Waals surface area contributed by atoms with E-state index < -0.39 is 0 Å². The van der Waals surface area contributed by atoms with Crippen LogP contribution in [-0.4, -0.2) is 33.0 Å². The van der Waals surface area contributed by atoms with Gasteiger partial charge in [0.2, 0.25) is 5.95 Å². The lowest BCUT2D eigenvalue weighted by Gasteiger charge is -2.37. The molecule has 2 aromatic heterocycles. The summed E-state index contributed by atoms with van der Waals surface area (Å²) in [6, 6.07) is 10.3. The van der Waals surface area contributed by atoms with Crippen molar-refractivity contribution in [2.24, 2.45) is 5.73 Å². The molecule has 3 aromatic rings. The first-order valence-corrected chi connectivity index (χ1v) is 9.03. The van der Waals surface area contributed by atoms with E-state index in [1.165, 1.54) is 4.90 Å². The van der Waals surface area contributed by atoms with Crippen LogP contribution in [0.1, 0.15) is 19.8 Å². The fourth-order valence-corrected chi connectivity index (χ4v) is 3.92. The molecule has 0 unspecified atom stereocenters. The molecule has 0 spiro atoms. The van der Waals surface area contributed by atoms with E-state index >= 15 is 0 Å². The number of piperidine rings is 1. The summed E-state index contributed by atoms with van der Waals surface area (Å²) in [7, 11) is 0. The topological polar surface area (TPSA) is 59.5 Å². The Morgan fingerprint density at radius 3 is 2.62 bits per heavy atom. The lowest BCUT2D eigenvalue weighted by Crippen LogP contribution is -2.48. The van der Waals surface area contributed by atoms with Crippen LogP contribution in [0.25, 0.3) is 5.65 Å². The molecule has 0 amide bonds. The molecule has 0 radical (unpaired) electrons. The zero-order chi connectivity index (χ0) is 16.6. The van der Waals surface area contributed by atoms with E-state index in [-0.39, 0.29) is 5.54 Å². The number of hydrogen-bond donors (Lipinski definition) is 1. The number of nitrogens with two attached hydrogens (primary N) is 1. The van der Waals surface area contributed by atoms with Crippen LogP contribution in [0.5, 0.6) is 0 Å². The van der Waals surface area contributed by atoms with Gasteiger partial charge in [-0.15, -0.1) is 0 Å². The predicted octanol–water partition coefficient (Wildman–Crippen LogP) is 3.20. The fraction of sp³-hybridized carbons (Fsp3) is 0.333. The van der Waals surface area contributed by atoms with Gasteiger partial charge in [-0.05, 0) is 31.9 Å². The Morgan fingerprint density at radius 1 is 1.12 bits per heavy atom. The van der Waals surface area contributed by atoms with E-state index in [1.54, 1.807) is 11.8 Å². The van der Waals surface area contributed by atoms with E-state index in [0.29, 0.717) is 0 Å². The molecule has 3 heterocycles. The lowest BCUT2D eigenvalue weighted by molar-refractivity contribution is 0.361. The minimum Gasteiger partial charge on any atom is -0.342 e. The van der Waals surface area contributed by atoms with E-state index in [4.69, 9.17) is 10.7 Å². The summed E-state index contributed by atoms with van der Waals surface area (Å²) in [5.74, 6) is 0.954. The number of benzene rings is 1. The van der Waals surface area contributed by atoms with Crippen LogP contribution in [0.15, 0.2) is 58.7 Å². The summed E-state index contributed by atoms with van der Waals surface area (Å²) in [5, 5.41) is 0. The molecule has 2 N–H and O–H groups in total. The van der Waals surface area contributed by atoms with Crippen molar-refractivity contribution >= 4 is 23.4 Å². The maximum Gasteiger partial charge on any atom is 0.211 e. The van der Waals surface area contributed by atoms with Gasteiger partial charge in [-0.3, -0.25) is 4.40 Å². The van der Waals surface area contributed by atoms with Gasteiger partial charge in [-0.25, -0.2) is 9.97 Å². The molecule has 6 heteroatoms. The third-order valence-electron chi connectivity index (χ3n) is 4.53. The summed E-state index contributed by atoms with van der Waals surface area (Å²) in [4.78, 5) is 13.8. The molecule has 24 heavy (non-hydrogen) atoms. The molecule has 0 saturated carbocycles. The Hall–Kier alpha value is -2.05. The molecule has 1 aliphatic heterocycles. The lowest BCUT2D eigenvalue weighted by atomic mass is 9.91. The normalized spacial score (nSPS) is 17.3. The zero-order valence-electron chi connectivity index (χ0n) is 13.7. The van der Waals surface area contributed by atoms with Gasteiger partial charge in [0, 0.05) is 42.1 Å². The van der Waals surface area contributed by atoms with E-state index in [0.717, 1.165) is 42.4 Å². The third kappa shape index (κ3) is 2.99. The van der Waals surface area contributed by atoms with Crippen molar-refractivity contribution in [2.75, 3.05) is 18.0 Å². The van der Waals surface area contributed by atoms with Gasteiger partial charge in [-0.1, -0.05) is 30.0 Å². The van der Waals surface area contributed by atoms with Crippen LogP contribution in [-0.2, 0) is 0 Å². The monoisotopic (exact) mass is 339 g/mol. The Kier molecular flexibility index (Phi) is 3.94. The smallest absolute Gasteiger partial charge is 0.211 e. The van der Waals surface area contributed by atoms with E-state index in [1.807, 2.05) is 36.8 Å². The highest BCUT2D eigenvalue weighted by Gasteiger charge is 2.27. The highest BCUT2D eigenvalue weighted by molar-refractivity contribution is 7.99. The van der Waals surface area contributed by atoms with Gasteiger partial charge in [0.1, 0.15) is 0 Å². The molecular weight excluding hydrogens is 318 g/mol. The molecule has 0 aliphatic carbocycles. The van der Waals surface area contributed by atoms with Crippen molar-refractivity contribution in [1.82, 2.24) is 14.4 Å². The van der Waals surface area contributed by atoms with Crippen LogP contribution < -0.4 is 10.6 Å². The first kappa shape index (κ1) is 15.5. The van der Waals surface area contributed by atoms with Gasteiger partial charge in [0.05, 0.1) is 4.90 Å². The molecule has 1 saturated heterocycles. The minimum absolute atomic E-state index is 0.0618. The van der Waals surface area contributed by atoms with Crippen molar-refractivity contribution in [2.45, 2.75) is 35.1 Å². The number of fused-ring (bicyclic) bond motifs is 1. The van der Waals surface area contributed by atoms with Crippen LogP contribution in [0, 0.1) is 0 Å². The van der Waals surface area contributed by atoms with Crippen LogP contribution in [0.4, 0.5) is 5.95 Å². The summed E-state index contributed by atoms with van der Waals surface area (Å²) in [6.07, 6.45) is 7.72. The fourth-order valence-electron chi connectivity index (χ4n) is 3.02. The highest BCUT2D eigenvalue weighted by atomic mass is 32.2. The van der Waals surface area contributed by atoms with Crippen molar-refractivity contribution < 1.29 is 0 Å². The second-order valence-electron chi connectivity index (χ2n) is 6.60. The number of hydrogen-bond acceptors (Lipinski definition) is 5. The standard InChI is InChI=1S/C18H21N5S/c1-18(19)7-10-22(11-8-18)17-21-13-15(16-20-9-12-23(16)17)24-14-5-3-2-4-6-14/h2-6,9,12-13H,7-8,10-11,19H2,1H3. The van der Waals surface area contributed by atoms with Gasteiger partial charge in [0.25, 0.3) is 0 Å². The Balaban J connectivity index is 1.65. The quantitative estimate of drug-likeness (QED) is 0.794. The van der Waals surface area contributed by atoms with E-state index in [2.05, 4.69) is 33.3 Å². The summed E-state index contributed by atoms with van der Waals surface area (Å²) in [6.45, 7) is 3.99. The molecule has 1 aliphatic rings. The molecule has 1 aromatic carbocycles. The summed E-state index contributed by atoms with van der Waals surface area (Å²) in [5.41, 5.74) is 7.14. The van der Waals surface area contributed by atoms with Gasteiger partial charge >= 0.3 is 0 Å². The number of nitrogens with zero attached hydrogens (tertiary/aromatic N) is 4. The zero-order valence-corrected chi connectivity index (χ0v) is 14.5. The maximum absolute atomic E-state index is 6.25. The first-order chi connectivity index (χ1) is 11.6. The average Bonchev–Trinajstić information content (AvgIpc) is 3.07. The second-order valence-corrected chi connectivity index (χ2v) is 7.71. The molecular formula is C18H21N5S. The Morgan fingerprint density at radius 2 is 1.88 bits per heavy atom. The first-order valence-electron chi connectivity index (χ1n) is 8.21. The highest BCUT2D eigenvalue weighted by Crippen LogP contribution is 2.32. The average molecular weight is 339 g/mol. The number of anilines is 1. The SMILES string of the molecule is CC1(N)CCN(c2ncc(Sc3ccccc3)c3nccn23)CC1. The van der Waals surface area contributed by atoms with Crippen molar-refractivity contribution in [3.63, 3.8) is 0 Å². The van der Waals surface area contributed by atoms with Crippen LogP contribution in [0.2, 0.25) is 0 Å². The van der Waals surface area contributed by atoms with Crippen LogP contribution >= 0.6 is 11.8 Å². The van der Waals surface area contributed by atoms with Gasteiger partial charge < -0.3 is 10.6 Å². The third-order valence-corrected chi connectivity index (χ3v) is 5.55. The minimum atomic E-state index is -0.0618. The van der Waals surface area contributed by atoms with Crippen LogP contribution in [0.3, 0.4) is 0 Å². The summed E-state index contributed by atoms with van der Waals surface area (Å²) < 4.78 is 2.09. The molecule has 124 valence electrons. The number of rotatable bonds is 3. The van der Waals surface area contributed by atoms with Gasteiger partial charge in [-0.2, -0.15) is 0 Å². The maximum atomic E-state index is 6.25. The summed E-state index contributed by atoms with van der Waals surface area (Å²) >= 11 is 1.69. The second kappa shape index (κ2) is 6.11. The largest absolute Gasteiger partial charge is 0.342 e. The molecule has 5 nitrogen and oxygen atoms in total. The van der Waals surface area contributed by atoms with Crippen molar-refractivity contribution in [1.29, 1.82) is 0 Å². The molecule has 4 rings (SSSR count). The Bertz CT molecular complexity index is 833. The molecule has 0 bridgehead atoms. The number of imidazole rings is 1. The van der Waals surface area contributed by atoms with E-state index in [9.17, 15) is 0 Å². The van der Waals surface area contributed by atoms with Crippen molar-refractivity contribution in [3.8, 4) is 0 Å². The molecule has 1 fully saturated rings.